The topological polar surface area (TPSA) is 58.6 Å². The smallest absolute Gasteiger partial charge is 0.323 e. The van der Waals surface area contributed by atoms with Gasteiger partial charge in [0, 0.05) is 13.2 Å². The molecule has 1 saturated heterocycles. The van der Waals surface area contributed by atoms with Crippen LogP contribution < -0.4 is 5.32 Å². The van der Waals surface area contributed by atoms with Crippen LogP contribution in [0.5, 0.6) is 0 Å². The average Bonchev–Trinajstić information content (AvgIpc) is 2.83. The number of carboxylic acid groups (broad SMARTS) is 1. The second-order valence-corrected chi connectivity index (χ2v) is 6.24. The zero-order valence-corrected chi connectivity index (χ0v) is 10.8. The van der Waals surface area contributed by atoms with Gasteiger partial charge in [0.15, 0.2) is 0 Å². The van der Waals surface area contributed by atoms with Crippen LogP contribution in [-0.4, -0.2) is 35.9 Å². The zero-order valence-electron chi connectivity index (χ0n) is 10.8. The second-order valence-electron chi connectivity index (χ2n) is 6.24. The summed E-state index contributed by atoms with van der Waals surface area (Å²) < 4.78 is 5.53. The van der Waals surface area contributed by atoms with E-state index in [9.17, 15) is 9.90 Å². The van der Waals surface area contributed by atoms with Crippen molar-refractivity contribution in [3.8, 4) is 0 Å². The molecule has 2 rings (SSSR count). The van der Waals surface area contributed by atoms with Gasteiger partial charge in [0.1, 0.15) is 5.54 Å². The van der Waals surface area contributed by atoms with E-state index in [0.29, 0.717) is 13.0 Å². The SMILES string of the molecule is CC1(C)CCC(NCC2CCCO2)(C(=O)O)C1. The Morgan fingerprint density at radius 2 is 2.24 bits per heavy atom. The van der Waals surface area contributed by atoms with Gasteiger partial charge in [0.25, 0.3) is 0 Å². The molecule has 0 spiro atoms. The molecule has 2 N–H and O–H groups in total. The van der Waals surface area contributed by atoms with Gasteiger partial charge < -0.3 is 9.84 Å². The molecule has 4 nitrogen and oxygen atoms in total. The first kappa shape index (κ1) is 12.8. The van der Waals surface area contributed by atoms with E-state index in [1.807, 2.05) is 0 Å². The highest BCUT2D eigenvalue weighted by atomic mass is 16.5. The zero-order chi connectivity index (χ0) is 12.5. The predicted molar refractivity (Wildman–Crippen MR) is 65.0 cm³/mol. The van der Waals surface area contributed by atoms with Crippen LogP contribution in [0.25, 0.3) is 0 Å². The molecule has 2 fully saturated rings. The number of carboxylic acids is 1. The van der Waals surface area contributed by atoms with Gasteiger partial charge in [-0.2, -0.15) is 0 Å². The highest BCUT2D eigenvalue weighted by molar-refractivity contribution is 5.79. The Morgan fingerprint density at radius 1 is 1.47 bits per heavy atom. The number of hydrogen-bond acceptors (Lipinski definition) is 3. The van der Waals surface area contributed by atoms with Crippen LogP contribution in [0.4, 0.5) is 0 Å². The number of rotatable bonds is 4. The van der Waals surface area contributed by atoms with Crippen LogP contribution in [-0.2, 0) is 9.53 Å². The number of ether oxygens (including phenoxy) is 1. The van der Waals surface area contributed by atoms with Crippen LogP contribution in [0, 0.1) is 5.41 Å². The van der Waals surface area contributed by atoms with Gasteiger partial charge >= 0.3 is 5.97 Å². The molecule has 0 aromatic heterocycles. The minimum Gasteiger partial charge on any atom is -0.480 e. The van der Waals surface area contributed by atoms with E-state index in [2.05, 4.69) is 19.2 Å². The molecule has 1 aliphatic carbocycles. The van der Waals surface area contributed by atoms with Crippen molar-refractivity contribution in [2.24, 2.45) is 5.41 Å². The molecule has 17 heavy (non-hydrogen) atoms. The molecular weight excluding hydrogens is 218 g/mol. The Bertz CT molecular complexity index is 297. The lowest BCUT2D eigenvalue weighted by Gasteiger charge is -2.29. The van der Waals surface area contributed by atoms with Gasteiger partial charge in [0.05, 0.1) is 6.10 Å². The molecule has 2 aliphatic rings. The van der Waals surface area contributed by atoms with Crippen molar-refractivity contribution in [2.75, 3.05) is 13.2 Å². The van der Waals surface area contributed by atoms with Crippen molar-refractivity contribution in [1.82, 2.24) is 5.32 Å². The monoisotopic (exact) mass is 241 g/mol. The van der Waals surface area contributed by atoms with Gasteiger partial charge in [-0.05, 0) is 37.5 Å². The number of carbonyl (C=O) groups is 1. The first-order valence-electron chi connectivity index (χ1n) is 6.54. The van der Waals surface area contributed by atoms with E-state index >= 15 is 0 Å². The predicted octanol–water partition coefficient (Wildman–Crippen LogP) is 1.79. The molecular formula is C13H23NO3. The molecule has 0 radical (unpaired) electrons. The van der Waals surface area contributed by atoms with Gasteiger partial charge in [-0.15, -0.1) is 0 Å². The summed E-state index contributed by atoms with van der Waals surface area (Å²) in [7, 11) is 0. The van der Waals surface area contributed by atoms with E-state index in [0.717, 1.165) is 32.3 Å². The number of aliphatic carboxylic acids is 1. The fraction of sp³-hybridized carbons (Fsp3) is 0.923. The highest BCUT2D eigenvalue weighted by Crippen LogP contribution is 2.43. The molecule has 2 unspecified atom stereocenters. The quantitative estimate of drug-likeness (QED) is 0.788. The maximum Gasteiger partial charge on any atom is 0.323 e. The Hall–Kier alpha value is -0.610. The van der Waals surface area contributed by atoms with Gasteiger partial charge in [-0.3, -0.25) is 10.1 Å². The summed E-state index contributed by atoms with van der Waals surface area (Å²) in [5.74, 6) is -0.707. The summed E-state index contributed by atoms with van der Waals surface area (Å²) in [6.45, 7) is 5.77. The minimum atomic E-state index is -0.727. The summed E-state index contributed by atoms with van der Waals surface area (Å²) in [5, 5.41) is 12.7. The number of nitrogens with one attached hydrogen (secondary N) is 1. The molecule has 98 valence electrons. The van der Waals surface area contributed by atoms with Crippen LogP contribution >= 0.6 is 0 Å². The summed E-state index contributed by atoms with van der Waals surface area (Å²) in [6, 6.07) is 0. The van der Waals surface area contributed by atoms with E-state index < -0.39 is 11.5 Å². The largest absolute Gasteiger partial charge is 0.480 e. The van der Waals surface area contributed by atoms with Gasteiger partial charge in [0.2, 0.25) is 0 Å². The molecule has 4 heteroatoms. The van der Waals surface area contributed by atoms with Crippen LogP contribution in [0.3, 0.4) is 0 Å². The molecule has 1 heterocycles. The standard InChI is InChI=1S/C13H23NO3/c1-12(2)5-6-13(9-12,11(15)16)14-8-10-4-3-7-17-10/h10,14H,3-9H2,1-2H3,(H,15,16). The molecule has 0 aromatic rings. The molecule has 2 atom stereocenters. The van der Waals surface area contributed by atoms with Crippen LogP contribution in [0.15, 0.2) is 0 Å². The average molecular weight is 241 g/mol. The van der Waals surface area contributed by atoms with Gasteiger partial charge in [-0.25, -0.2) is 0 Å². The highest BCUT2D eigenvalue weighted by Gasteiger charge is 2.48. The van der Waals surface area contributed by atoms with Crippen molar-refractivity contribution in [3.05, 3.63) is 0 Å². The Morgan fingerprint density at radius 3 is 2.71 bits per heavy atom. The van der Waals surface area contributed by atoms with E-state index in [-0.39, 0.29) is 11.5 Å². The minimum absolute atomic E-state index is 0.127. The van der Waals surface area contributed by atoms with E-state index in [4.69, 9.17) is 4.74 Å². The van der Waals surface area contributed by atoms with Crippen molar-refractivity contribution >= 4 is 5.97 Å². The third kappa shape index (κ3) is 2.80. The first-order valence-corrected chi connectivity index (χ1v) is 6.54. The molecule has 1 aliphatic heterocycles. The Labute approximate surface area is 103 Å². The summed E-state index contributed by atoms with van der Waals surface area (Å²) in [4.78, 5) is 11.5. The van der Waals surface area contributed by atoms with Gasteiger partial charge in [-0.1, -0.05) is 13.8 Å². The fourth-order valence-electron chi connectivity index (χ4n) is 3.07. The van der Waals surface area contributed by atoms with Crippen molar-refractivity contribution < 1.29 is 14.6 Å². The third-order valence-electron chi connectivity index (χ3n) is 4.11. The normalized spacial score (nSPS) is 36.2. The summed E-state index contributed by atoms with van der Waals surface area (Å²) in [6.07, 6.45) is 4.75. The molecule has 1 saturated carbocycles. The lowest BCUT2D eigenvalue weighted by molar-refractivity contribution is -0.145. The Kier molecular flexibility index (Phi) is 3.46. The maximum absolute atomic E-state index is 11.5. The summed E-state index contributed by atoms with van der Waals surface area (Å²) >= 11 is 0. The second kappa shape index (κ2) is 4.58. The molecule has 0 amide bonds. The van der Waals surface area contributed by atoms with Crippen LogP contribution in [0.1, 0.15) is 46.0 Å². The third-order valence-corrected chi connectivity index (χ3v) is 4.11. The number of hydrogen-bond donors (Lipinski definition) is 2. The lowest BCUT2D eigenvalue weighted by atomic mass is 9.87. The van der Waals surface area contributed by atoms with E-state index in [1.165, 1.54) is 0 Å². The Balaban J connectivity index is 1.95. The lowest BCUT2D eigenvalue weighted by Crippen LogP contribution is -2.52. The molecule has 0 aromatic carbocycles. The summed E-state index contributed by atoms with van der Waals surface area (Å²) in [5.41, 5.74) is -0.600. The molecule has 0 bridgehead atoms. The maximum atomic E-state index is 11.5. The fourth-order valence-corrected chi connectivity index (χ4v) is 3.07. The first-order chi connectivity index (χ1) is 7.94. The van der Waals surface area contributed by atoms with Crippen molar-refractivity contribution in [1.29, 1.82) is 0 Å². The van der Waals surface area contributed by atoms with E-state index in [1.54, 1.807) is 0 Å². The van der Waals surface area contributed by atoms with Crippen LogP contribution in [0.2, 0.25) is 0 Å². The van der Waals surface area contributed by atoms with Crippen molar-refractivity contribution in [2.45, 2.75) is 57.6 Å². The van der Waals surface area contributed by atoms with Crippen molar-refractivity contribution in [3.63, 3.8) is 0 Å².